The molecule has 0 heterocycles. The number of nitrogens with zero attached hydrogens (tertiary/aromatic N) is 1. The van der Waals surface area contributed by atoms with Gasteiger partial charge in [0, 0.05) is 19.0 Å². The Kier molecular flexibility index (Phi) is 4.09. The van der Waals surface area contributed by atoms with Crippen LogP contribution in [-0.2, 0) is 0 Å². The van der Waals surface area contributed by atoms with Crippen molar-refractivity contribution < 1.29 is 4.39 Å². The first kappa shape index (κ1) is 10.7. The molecule has 1 N–H and O–H groups in total. The Balaban J connectivity index is 2.48. The first-order chi connectivity index (χ1) is 6.74. The molecule has 14 heavy (non-hydrogen) atoms. The van der Waals surface area contributed by atoms with Crippen molar-refractivity contribution in [1.82, 2.24) is 5.32 Å². The van der Waals surface area contributed by atoms with Crippen molar-refractivity contribution >= 4 is 0 Å². The molecule has 0 saturated carbocycles. The molecule has 1 aromatic carbocycles. The van der Waals surface area contributed by atoms with Gasteiger partial charge in [-0.25, -0.2) is 4.39 Å². The molecule has 0 aliphatic carbocycles. The maximum absolute atomic E-state index is 12.6. The molecule has 0 radical (unpaired) electrons. The minimum Gasteiger partial charge on any atom is -0.309 e. The van der Waals surface area contributed by atoms with Crippen LogP contribution in [0.25, 0.3) is 0 Å². The number of benzene rings is 1. The van der Waals surface area contributed by atoms with Crippen LogP contribution in [-0.4, -0.2) is 6.54 Å². The molecular weight excluding hydrogens is 179 g/mol. The van der Waals surface area contributed by atoms with Crippen LogP contribution in [0.4, 0.5) is 4.39 Å². The van der Waals surface area contributed by atoms with E-state index in [2.05, 4.69) is 11.4 Å². The maximum Gasteiger partial charge on any atom is 0.123 e. The SMILES string of the molecule is CC(NCCC#N)c1ccc(F)cc1. The summed E-state index contributed by atoms with van der Waals surface area (Å²) in [6, 6.07) is 8.60. The molecule has 3 heteroatoms. The van der Waals surface area contributed by atoms with Crippen LogP contribution < -0.4 is 5.32 Å². The lowest BCUT2D eigenvalue weighted by atomic mass is 10.1. The van der Waals surface area contributed by atoms with Gasteiger partial charge < -0.3 is 5.32 Å². The molecular formula is C11H13FN2. The summed E-state index contributed by atoms with van der Waals surface area (Å²) in [4.78, 5) is 0. The van der Waals surface area contributed by atoms with Crippen LogP contribution in [0.5, 0.6) is 0 Å². The lowest BCUT2D eigenvalue weighted by Gasteiger charge is -2.12. The van der Waals surface area contributed by atoms with Crippen molar-refractivity contribution in [2.75, 3.05) is 6.54 Å². The van der Waals surface area contributed by atoms with E-state index in [-0.39, 0.29) is 11.9 Å². The highest BCUT2D eigenvalue weighted by Crippen LogP contribution is 2.12. The molecule has 0 saturated heterocycles. The average Bonchev–Trinajstić information content (AvgIpc) is 2.19. The fourth-order valence-corrected chi connectivity index (χ4v) is 1.21. The summed E-state index contributed by atoms with van der Waals surface area (Å²) in [6.07, 6.45) is 0.492. The van der Waals surface area contributed by atoms with E-state index in [1.807, 2.05) is 6.92 Å². The molecule has 0 amide bonds. The van der Waals surface area contributed by atoms with E-state index in [9.17, 15) is 4.39 Å². The van der Waals surface area contributed by atoms with Gasteiger partial charge in [-0.2, -0.15) is 5.26 Å². The molecule has 0 spiro atoms. The van der Waals surface area contributed by atoms with Crippen molar-refractivity contribution in [2.24, 2.45) is 0 Å². The van der Waals surface area contributed by atoms with E-state index in [1.165, 1.54) is 12.1 Å². The third-order valence-corrected chi connectivity index (χ3v) is 2.06. The van der Waals surface area contributed by atoms with Crippen molar-refractivity contribution in [3.8, 4) is 6.07 Å². The van der Waals surface area contributed by atoms with Gasteiger partial charge in [-0.3, -0.25) is 0 Å². The summed E-state index contributed by atoms with van der Waals surface area (Å²) in [5, 5.41) is 11.5. The predicted molar refractivity (Wildman–Crippen MR) is 53.0 cm³/mol. The standard InChI is InChI=1S/C11H13FN2/c1-9(14-8-2-7-13)10-3-5-11(12)6-4-10/h3-6,9,14H,2,8H2,1H3. The quantitative estimate of drug-likeness (QED) is 0.743. The molecule has 1 unspecified atom stereocenters. The van der Waals surface area contributed by atoms with Crippen LogP contribution in [0.2, 0.25) is 0 Å². The monoisotopic (exact) mass is 192 g/mol. The number of nitrogens with one attached hydrogen (secondary N) is 1. The maximum atomic E-state index is 12.6. The lowest BCUT2D eigenvalue weighted by molar-refractivity contribution is 0.579. The number of hydrogen-bond donors (Lipinski definition) is 1. The van der Waals surface area contributed by atoms with Gasteiger partial charge in [-0.05, 0) is 24.6 Å². The minimum absolute atomic E-state index is 0.156. The van der Waals surface area contributed by atoms with E-state index in [4.69, 9.17) is 5.26 Å². The number of halogens is 1. The second-order valence-corrected chi connectivity index (χ2v) is 3.14. The van der Waals surface area contributed by atoms with Gasteiger partial charge >= 0.3 is 0 Å². The molecule has 1 atom stereocenters. The lowest BCUT2D eigenvalue weighted by Crippen LogP contribution is -2.19. The molecule has 0 aromatic heterocycles. The number of rotatable bonds is 4. The van der Waals surface area contributed by atoms with Gasteiger partial charge in [-0.1, -0.05) is 12.1 Å². The Labute approximate surface area is 83.4 Å². The molecule has 2 nitrogen and oxygen atoms in total. The van der Waals surface area contributed by atoms with Crippen LogP contribution in [0.1, 0.15) is 24.9 Å². The van der Waals surface area contributed by atoms with Gasteiger partial charge in [0.05, 0.1) is 6.07 Å². The van der Waals surface area contributed by atoms with Crippen molar-refractivity contribution in [3.63, 3.8) is 0 Å². The van der Waals surface area contributed by atoms with Gasteiger partial charge in [-0.15, -0.1) is 0 Å². The topological polar surface area (TPSA) is 35.8 Å². The average molecular weight is 192 g/mol. The highest BCUT2D eigenvalue weighted by atomic mass is 19.1. The Morgan fingerprint density at radius 1 is 1.43 bits per heavy atom. The van der Waals surface area contributed by atoms with Gasteiger partial charge in [0.25, 0.3) is 0 Å². The summed E-state index contributed by atoms with van der Waals surface area (Å²) in [7, 11) is 0. The van der Waals surface area contributed by atoms with Crippen LogP contribution in [0.3, 0.4) is 0 Å². The van der Waals surface area contributed by atoms with Gasteiger partial charge in [0.1, 0.15) is 5.82 Å². The number of nitriles is 1. The smallest absolute Gasteiger partial charge is 0.123 e. The molecule has 1 rings (SSSR count). The van der Waals surface area contributed by atoms with Crippen molar-refractivity contribution in [3.05, 3.63) is 35.6 Å². The van der Waals surface area contributed by atoms with Crippen molar-refractivity contribution in [2.45, 2.75) is 19.4 Å². The van der Waals surface area contributed by atoms with E-state index >= 15 is 0 Å². The summed E-state index contributed by atoms with van der Waals surface area (Å²) in [5.41, 5.74) is 1.03. The summed E-state index contributed by atoms with van der Waals surface area (Å²) < 4.78 is 12.6. The fourth-order valence-electron chi connectivity index (χ4n) is 1.21. The Bertz CT molecular complexity index is 313. The highest BCUT2D eigenvalue weighted by Gasteiger charge is 2.03. The number of hydrogen-bond acceptors (Lipinski definition) is 2. The van der Waals surface area contributed by atoms with E-state index < -0.39 is 0 Å². The highest BCUT2D eigenvalue weighted by molar-refractivity contribution is 5.19. The second-order valence-electron chi connectivity index (χ2n) is 3.14. The van der Waals surface area contributed by atoms with Crippen LogP contribution >= 0.6 is 0 Å². The largest absolute Gasteiger partial charge is 0.309 e. The third kappa shape index (κ3) is 3.15. The Morgan fingerprint density at radius 3 is 2.64 bits per heavy atom. The molecule has 0 aliphatic rings. The summed E-state index contributed by atoms with van der Waals surface area (Å²) in [6.45, 7) is 2.65. The van der Waals surface area contributed by atoms with E-state index in [0.717, 1.165) is 5.56 Å². The van der Waals surface area contributed by atoms with Crippen molar-refractivity contribution in [1.29, 1.82) is 5.26 Å². The second kappa shape index (κ2) is 5.36. The molecule has 74 valence electrons. The molecule has 0 bridgehead atoms. The zero-order valence-corrected chi connectivity index (χ0v) is 8.13. The first-order valence-corrected chi connectivity index (χ1v) is 4.60. The minimum atomic E-state index is -0.224. The van der Waals surface area contributed by atoms with Crippen LogP contribution in [0, 0.1) is 17.1 Å². The fraction of sp³-hybridized carbons (Fsp3) is 0.364. The normalized spacial score (nSPS) is 12.1. The zero-order chi connectivity index (χ0) is 10.4. The van der Waals surface area contributed by atoms with Crippen LogP contribution in [0.15, 0.2) is 24.3 Å². The zero-order valence-electron chi connectivity index (χ0n) is 8.13. The van der Waals surface area contributed by atoms with E-state index in [1.54, 1.807) is 12.1 Å². The first-order valence-electron chi connectivity index (χ1n) is 4.60. The molecule has 1 aromatic rings. The van der Waals surface area contributed by atoms with Gasteiger partial charge in [0.2, 0.25) is 0 Å². The molecule has 0 fully saturated rings. The summed E-state index contributed by atoms with van der Waals surface area (Å²) in [5.74, 6) is -0.224. The molecule has 0 aliphatic heterocycles. The van der Waals surface area contributed by atoms with Gasteiger partial charge in [0.15, 0.2) is 0 Å². The summed E-state index contributed by atoms with van der Waals surface area (Å²) >= 11 is 0. The Hall–Kier alpha value is -1.40. The Morgan fingerprint density at radius 2 is 2.07 bits per heavy atom. The predicted octanol–water partition coefficient (Wildman–Crippen LogP) is 2.39. The van der Waals surface area contributed by atoms with E-state index in [0.29, 0.717) is 13.0 Å². The third-order valence-electron chi connectivity index (χ3n) is 2.06.